The van der Waals surface area contributed by atoms with Crippen LogP contribution >= 0.6 is 0 Å². The molecule has 0 unspecified atom stereocenters. The van der Waals surface area contributed by atoms with Crippen LogP contribution in [0.1, 0.15) is 24.4 Å². The van der Waals surface area contributed by atoms with Crippen molar-refractivity contribution in [3.8, 4) is 11.4 Å². The zero-order chi connectivity index (χ0) is 17.3. The third kappa shape index (κ3) is 3.64. The van der Waals surface area contributed by atoms with Crippen molar-refractivity contribution in [1.82, 2.24) is 23.8 Å². The molecule has 0 atom stereocenters. The van der Waals surface area contributed by atoms with Gasteiger partial charge in [0.1, 0.15) is 11.5 Å². The molecule has 0 aromatic carbocycles. The molecule has 0 N–H and O–H groups in total. The van der Waals surface area contributed by atoms with E-state index in [-0.39, 0.29) is 0 Å². The van der Waals surface area contributed by atoms with Gasteiger partial charge in [-0.25, -0.2) is 22.7 Å². The van der Waals surface area contributed by atoms with Gasteiger partial charge in [0.15, 0.2) is 0 Å². The van der Waals surface area contributed by atoms with Crippen molar-refractivity contribution in [3.63, 3.8) is 0 Å². The van der Waals surface area contributed by atoms with Gasteiger partial charge in [0.05, 0.1) is 30.0 Å². The summed E-state index contributed by atoms with van der Waals surface area (Å²) in [5, 5.41) is 0. The van der Waals surface area contributed by atoms with Crippen LogP contribution in [0.25, 0.3) is 11.4 Å². The van der Waals surface area contributed by atoms with Crippen molar-refractivity contribution in [1.29, 1.82) is 0 Å². The summed E-state index contributed by atoms with van der Waals surface area (Å²) in [6.07, 6.45) is 9.20. The molecular formula is C16H23N5O2S. The van der Waals surface area contributed by atoms with Gasteiger partial charge >= 0.3 is 0 Å². The van der Waals surface area contributed by atoms with Crippen LogP contribution in [-0.4, -0.2) is 51.6 Å². The summed E-state index contributed by atoms with van der Waals surface area (Å²) in [6, 6.07) is 0. The lowest BCUT2D eigenvalue weighted by Gasteiger charge is -2.30. The second kappa shape index (κ2) is 6.60. The minimum atomic E-state index is -3.07. The van der Waals surface area contributed by atoms with Crippen molar-refractivity contribution in [2.75, 3.05) is 19.3 Å². The first-order chi connectivity index (χ1) is 11.3. The fourth-order valence-electron chi connectivity index (χ4n) is 3.11. The molecule has 130 valence electrons. The van der Waals surface area contributed by atoms with Crippen molar-refractivity contribution in [2.24, 2.45) is 13.0 Å². The number of rotatable bonds is 4. The molecule has 1 fully saturated rings. The van der Waals surface area contributed by atoms with Gasteiger partial charge in [-0.2, -0.15) is 0 Å². The van der Waals surface area contributed by atoms with E-state index in [1.165, 1.54) is 6.26 Å². The van der Waals surface area contributed by atoms with E-state index in [1.54, 1.807) is 16.7 Å². The molecule has 3 heterocycles. The third-order valence-electron chi connectivity index (χ3n) is 4.71. The summed E-state index contributed by atoms with van der Waals surface area (Å²) < 4.78 is 26.7. The summed E-state index contributed by atoms with van der Waals surface area (Å²) >= 11 is 0. The fourth-order valence-corrected chi connectivity index (χ4v) is 3.98. The Morgan fingerprint density at radius 3 is 2.50 bits per heavy atom. The zero-order valence-corrected chi connectivity index (χ0v) is 15.1. The van der Waals surface area contributed by atoms with Gasteiger partial charge in [0.2, 0.25) is 10.0 Å². The molecule has 1 aliphatic heterocycles. The van der Waals surface area contributed by atoms with E-state index in [9.17, 15) is 8.42 Å². The summed E-state index contributed by atoms with van der Waals surface area (Å²) in [4.78, 5) is 13.3. The molecular weight excluding hydrogens is 326 g/mol. The summed E-state index contributed by atoms with van der Waals surface area (Å²) in [5.41, 5.74) is 2.72. The SMILES string of the molecule is Cc1ncc(-c2cncc(CC3CCN(S(C)(=O)=O)CC3)n2)n1C. The highest BCUT2D eigenvalue weighted by atomic mass is 32.2. The van der Waals surface area contributed by atoms with Crippen LogP contribution in [0.4, 0.5) is 0 Å². The first kappa shape index (κ1) is 17.0. The Bertz CT molecular complexity index is 823. The minimum Gasteiger partial charge on any atom is -0.330 e. The van der Waals surface area contributed by atoms with E-state index in [0.29, 0.717) is 19.0 Å². The van der Waals surface area contributed by atoms with Crippen LogP contribution in [0, 0.1) is 12.8 Å². The largest absolute Gasteiger partial charge is 0.330 e. The number of sulfonamides is 1. The predicted molar refractivity (Wildman–Crippen MR) is 91.8 cm³/mol. The average molecular weight is 349 g/mol. The van der Waals surface area contributed by atoms with Crippen LogP contribution in [0.2, 0.25) is 0 Å². The highest BCUT2D eigenvalue weighted by Crippen LogP contribution is 2.23. The van der Waals surface area contributed by atoms with Crippen molar-refractivity contribution < 1.29 is 8.42 Å². The maximum absolute atomic E-state index is 11.6. The highest BCUT2D eigenvalue weighted by molar-refractivity contribution is 7.88. The van der Waals surface area contributed by atoms with Crippen LogP contribution in [0.3, 0.4) is 0 Å². The Morgan fingerprint density at radius 2 is 1.92 bits per heavy atom. The van der Waals surface area contributed by atoms with Gasteiger partial charge in [-0.1, -0.05) is 0 Å². The Kier molecular flexibility index (Phi) is 4.69. The lowest BCUT2D eigenvalue weighted by atomic mass is 9.93. The lowest BCUT2D eigenvalue weighted by molar-refractivity contribution is 0.273. The Balaban J connectivity index is 1.69. The van der Waals surface area contributed by atoms with Crippen molar-refractivity contribution in [2.45, 2.75) is 26.2 Å². The fraction of sp³-hybridized carbons (Fsp3) is 0.562. The highest BCUT2D eigenvalue weighted by Gasteiger charge is 2.25. The topological polar surface area (TPSA) is 81.0 Å². The molecule has 0 radical (unpaired) electrons. The predicted octanol–water partition coefficient (Wildman–Crippen LogP) is 1.40. The summed E-state index contributed by atoms with van der Waals surface area (Å²) in [6.45, 7) is 3.14. The number of hydrogen-bond donors (Lipinski definition) is 0. The standard InChI is InChI=1S/C16H23N5O2S/c1-12-18-11-16(20(12)2)15-10-17-9-14(19-15)8-13-4-6-21(7-5-13)24(3,22)23/h9-11,13H,4-8H2,1-3H3. The molecule has 0 amide bonds. The average Bonchev–Trinajstić information content (AvgIpc) is 2.87. The molecule has 1 saturated heterocycles. The van der Waals surface area contributed by atoms with Gasteiger partial charge in [0, 0.05) is 26.3 Å². The second-order valence-electron chi connectivity index (χ2n) is 6.45. The number of imidazole rings is 1. The van der Waals surface area contributed by atoms with Gasteiger partial charge in [-0.05, 0) is 32.1 Å². The second-order valence-corrected chi connectivity index (χ2v) is 8.44. The first-order valence-corrected chi connectivity index (χ1v) is 9.94. The lowest BCUT2D eigenvalue weighted by Crippen LogP contribution is -2.38. The summed E-state index contributed by atoms with van der Waals surface area (Å²) in [7, 11) is -1.11. The maximum atomic E-state index is 11.6. The molecule has 0 bridgehead atoms. The van der Waals surface area contributed by atoms with Crippen LogP contribution in [0.15, 0.2) is 18.6 Å². The van der Waals surface area contributed by atoms with Gasteiger partial charge < -0.3 is 4.57 Å². The molecule has 3 rings (SSSR count). The smallest absolute Gasteiger partial charge is 0.211 e. The van der Waals surface area contributed by atoms with E-state index in [1.807, 2.05) is 24.7 Å². The monoisotopic (exact) mass is 349 g/mol. The molecule has 7 nitrogen and oxygen atoms in total. The van der Waals surface area contributed by atoms with Gasteiger partial charge in [0.25, 0.3) is 0 Å². The summed E-state index contributed by atoms with van der Waals surface area (Å²) in [5.74, 6) is 1.38. The minimum absolute atomic E-state index is 0.445. The van der Waals surface area contributed by atoms with Crippen LogP contribution in [0.5, 0.6) is 0 Å². The van der Waals surface area contributed by atoms with E-state index >= 15 is 0 Å². The number of hydrogen-bond acceptors (Lipinski definition) is 5. The maximum Gasteiger partial charge on any atom is 0.211 e. The van der Waals surface area contributed by atoms with E-state index in [2.05, 4.69) is 9.97 Å². The molecule has 0 spiro atoms. The number of aromatic nitrogens is 4. The first-order valence-electron chi connectivity index (χ1n) is 8.09. The number of nitrogens with zero attached hydrogens (tertiary/aromatic N) is 5. The molecule has 2 aromatic heterocycles. The van der Waals surface area contributed by atoms with E-state index in [4.69, 9.17) is 4.98 Å². The molecule has 0 aliphatic carbocycles. The van der Waals surface area contributed by atoms with Crippen molar-refractivity contribution >= 4 is 10.0 Å². The quantitative estimate of drug-likeness (QED) is 0.833. The molecule has 2 aromatic rings. The van der Waals surface area contributed by atoms with E-state index in [0.717, 1.165) is 42.2 Å². The molecule has 0 saturated carbocycles. The zero-order valence-electron chi connectivity index (χ0n) is 14.3. The Hall–Kier alpha value is -1.80. The number of piperidine rings is 1. The van der Waals surface area contributed by atoms with E-state index < -0.39 is 10.0 Å². The van der Waals surface area contributed by atoms with Crippen molar-refractivity contribution in [3.05, 3.63) is 30.1 Å². The molecule has 8 heteroatoms. The van der Waals surface area contributed by atoms with Gasteiger partial charge in [-0.15, -0.1) is 0 Å². The van der Waals surface area contributed by atoms with Crippen LogP contribution in [-0.2, 0) is 23.5 Å². The third-order valence-corrected chi connectivity index (χ3v) is 6.01. The van der Waals surface area contributed by atoms with Crippen LogP contribution < -0.4 is 0 Å². The molecule has 1 aliphatic rings. The van der Waals surface area contributed by atoms with Gasteiger partial charge in [-0.3, -0.25) is 4.98 Å². The normalized spacial score (nSPS) is 17.3. The molecule has 24 heavy (non-hydrogen) atoms. The number of aryl methyl sites for hydroxylation is 1. The Morgan fingerprint density at radius 1 is 1.21 bits per heavy atom. The Labute approximate surface area is 142 Å².